The number of hydrogen-bond acceptors (Lipinski definition) is 2. The molecule has 2 aromatic rings. The fourth-order valence-corrected chi connectivity index (χ4v) is 1.75. The van der Waals surface area contributed by atoms with Crippen molar-refractivity contribution in [1.82, 2.24) is 4.57 Å². The minimum atomic E-state index is -1.18. The highest BCUT2D eigenvalue weighted by Gasteiger charge is 2.13. The molecule has 0 saturated carbocycles. The molecule has 1 heterocycles. The lowest BCUT2D eigenvalue weighted by molar-refractivity contribution is 0.0696. The van der Waals surface area contributed by atoms with Gasteiger partial charge in [0.1, 0.15) is 5.82 Å². The van der Waals surface area contributed by atoms with Crippen LogP contribution in [-0.2, 0) is 7.05 Å². The molecule has 0 spiro atoms. The van der Waals surface area contributed by atoms with Crippen LogP contribution in [0.25, 0.3) is 0 Å². The Kier molecular flexibility index (Phi) is 3.56. The number of carbonyl (C=O) groups excluding carboxylic acids is 1. The van der Waals surface area contributed by atoms with Crippen LogP contribution >= 0.6 is 0 Å². The van der Waals surface area contributed by atoms with Gasteiger partial charge in [-0.25, -0.2) is 9.18 Å². The van der Waals surface area contributed by atoms with Gasteiger partial charge >= 0.3 is 5.97 Å². The van der Waals surface area contributed by atoms with E-state index >= 15 is 0 Å². The normalized spacial score (nSPS) is 10.3. The summed E-state index contributed by atoms with van der Waals surface area (Å²) in [6.45, 7) is 1.84. The maximum absolute atomic E-state index is 13.6. The van der Waals surface area contributed by atoms with Crippen molar-refractivity contribution < 1.29 is 19.1 Å². The first kappa shape index (κ1) is 13.8. The molecule has 0 radical (unpaired) electrons. The number of halogens is 1. The van der Waals surface area contributed by atoms with Crippen LogP contribution in [0.3, 0.4) is 0 Å². The molecule has 1 aromatic carbocycles. The third kappa shape index (κ3) is 2.69. The van der Waals surface area contributed by atoms with Crippen LogP contribution in [0, 0.1) is 12.7 Å². The average Bonchev–Trinajstić information content (AvgIpc) is 2.72. The molecule has 0 bridgehead atoms. The lowest BCUT2D eigenvalue weighted by Crippen LogP contribution is -2.13. The Bertz CT molecular complexity index is 672. The fraction of sp³-hybridized carbons (Fsp3) is 0.143. The van der Waals surface area contributed by atoms with Crippen molar-refractivity contribution >= 4 is 17.6 Å². The minimum Gasteiger partial charge on any atom is -0.478 e. The van der Waals surface area contributed by atoms with Gasteiger partial charge in [-0.1, -0.05) is 0 Å². The number of nitrogens with one attached hydrogen (secondary N) is 1. The van der Waals surface area contributed by atoms with Crippen molar-refractivity contribution in [2.24, 2.45) is 7.05 Å². The molecular weight excluding hydrogens is 263 g/mol. The molecule has 0 fully saturated rings. The third-order valence-electron chi connectivity index (χ3n) is 2.98. The summed E-state index contributed by atoms with van der Waals surface area (Å²) in [5.74, 6) is -2.36. The van der Waals surface area contributed by atoms with E-state index in [-0.39, 0.29) is 11.3 Å². The van der Waals surface area contributed by atoms with E-state index in [1.54, 1.807) is 23.9 Å². The second-order valence-electron chi connectivity index (χ2n) is 4.43. The van der Waals surface area contributed by atoms with Crippen molar-refractivity contribution in [3.05, 3.63) is 53.1 Å². The average molecular weight is 276 g/mol. The predicted octanol–water partition coefficient (Wildman–Crippen LogP) is 2.42. The maximum atomic E-state index is 13.6. The first-order valence-electron chi connectivity index (χ1n) is 5.85. The molecule has 104 valence electrons. The van der Waals surface area contributed by atoms with Crippen LogP contribution in [0.15, 0.2) is 30.5 Å². The monoisotopic (exact) mass is 276 g/mol. The van der Waals surface area contributed by atoms with Crippen LogP contribution in [0.4, 0.5) is 10.1 Å². The first-order valence-corrected chi connectivity index (χ1v) is 5.85. The Morgan fingerprint density at radius 1 is 1.25 bits per heavy atom. The highest BCUT2D eigenvalue weighted by Crippen LogP contribution is 2.18. The molecule has 0 unspecified atom stereocenters. The van der Waals surface area contributed by atoms with Gasteiger partial charge in [-0.3, -0.25) is 4.79 Å². The van der Waals surface area contributed by atoms with E-state index in [9.17, 15) is 14.0 Å². The van der Waals surface area contributed by atoms with E-state index in [1.807, 2.05) is 6.92 Å². The number of aryl methyl sites for hydroxylation is 2. The summed E-state index contributed by atoms with van der Waals surface area (Å²) in [5, 5.41) is 11.2. The molecule has 20 heavy (non-hydrogen) atoms. The van der Waals surface area contributed by atoms with Gasteiger partial charge in [0.25, 0.3) is 5.91 Å². The zero-order chi connectivity index (χ0) is 14.9. The van der Waals surface area contributed by atoms with Crippen molar-refractivity contribution in [1.29, 1.82) is 0 Å². The summed E-state index contributed by atoms with van der Waals surface area (Å²) in [4.78, 5) is 22.8. The van der Waals surface area contributed by atoms with Gasteiger partial charge in [0.15, 0.2) is 0 Å². The Morgan fingerprint density at radius 3 is 2.50 bits per heavy atom. The van der Waals surface area contributed by atoms with E-state index in [1.165, 1.54) is 0 Å². The number of anilines is 1. The number of aromatic nitrogens is 1. The van der Waals surface area contributed by atoms with Crippen LogP contribution in [0.2, 0.25) is 0 Å². The quantitative estimate of drug-likeness (QED) is 0.904. The molecular formula is C14H13FN2O3. The number of carboxylic acids is 1. The lowest BCUT2D eigenvalue weighted by Gasteiger charge is -2.06. The molecule has 0 aliphatic carbocycles. The van der Waals surface area contributed by atoms with Gasteiger partial charge in [-0.2, -0.15) is 0 Å². The van der Waals surface area contributed by atoms with Gasteiger partial charge < -0.3 is 15.0 Å². The first-order chi connectivity index (χ1) is 9.38. The number of hydrogen-bond donors (Lipinski definition) is 2. The Hall–Kier alpha value is -2.63. The third-order valence-corrected chi connectivity index (χ3v) is 2.98. The maximum Gasteiger partial charge on any atom is 0.335 e. The van der Waals surface area contributed by atoms with Gasteiger partial charge in [0, 0.05) is 18.9 Å². The molecule has 0 saturated heterocycles. The van der Waals surface area contributed by atoms with E-state index in [0.29, 0.717) is 5.56 Å². The number of benzene rings is 1. The Balaban J connectivity index is 2.27. The second-order valence-corrected chi connectivity index (χ2v) is 4.43. The van der Waals surface area contributed by atoms with E-state index in [4.69, 9.17) is 5.11 Å². The summed E-state index contributed by atoms with van der Waals surface area (Å²) in [6.07, 6.45) is 1.61. The van der Waals surface area contributed by atoms with Crippen molar-refractivity contribution in [3.8, 4) is 0 Å². The predicted molar refractivity (Wildman–Crippen MR) is 71.5 cm³/mol. The SMILES string of the molecule is Cc1cc(C(=O)Nc2cc(C(=O)O)ccc2F)cn1C. The van der Waals surface area contributed by atoms with Gasteiger partial charge in [0.05, 0.1) is 16.8 Å². The standard InChI is InChI=1S/C14H13FN2O3/c1-8-5-10(7-17(8)2)13(18)16-12-6-9(14(19)20)3-4-11(12)15/h3-7H,1-2H3,(H,16,18)(H,19,20). The number of aromatic carboxylic acids is 1. The molecule has 0 aliphatic rings. The van der Waals surface area contributed by atoms with E-state index in [0.717, 1.165) is 23.9 Å². The summed E-state index contributed by atoms with van der Waals surface area (Å²) >= 11 is 0. The van der Waals surface area contributed by atoms with Gasteiger partial charge in [0.2, 0.25) is 0 Å². The summed E-state index contributed by atoms with van der Waals surface area (Å²) < 4.78 is 15.3. The van der Waals surface area contributed by atoms with Gasteiger partial charge in [-0.15, -0.1) is 0 Å². The fourth-order valence-electron chi connectivity index (χ4n) is 1.75. The second kappa shape index (κ2) is 5.16. The number of nitrogens with zero attached hydrogens (tertiary/aromatic N) is 1. The van der Waals surface area contributed by atoms with E-state index < -0.39 is 17.7 Å². The number of carboxylic acid groups (broad SMARTS) is 1. The zero-order valence-electron chi connectivity index (χ0n) is 11.0. The Labute approximate surface area is 114 Å². The topological polar surface area (TPSA) is 71.3 Å². The molecule has 1 amide bonds. The van der Waals surface area contributed by atoms with Crippen LogP contribution in [0.5, 0.6) is 0 Å². The van der Waals surface area contributed by atoms with Crippen LogP contribution < -0.4 is 5.32 Å². The molecule has 1 aromatic heterocycles. The minimum absolute atomic E-state index is 0.0917. The number of amides is 1. The van der Waals surface area contributed by atoms with E-state index in [2.05, 4.69) is 5.32 Å². The smallest absolute Gasteiger partial charge is 0.335 e. The molecule has 0 aliphatic heterocycles. The molecule has 2 rings (SSSR count). The number of rotatable bonds is 3. The largest absolute Gasteiger partial charge is 0.478 e. The van der Waals surface area contributed by atoms with Crippen LogP contribution in [0.1, 0.15) is 26.4 Å². The van der Waals surface area contributed by atoms with Crippen molar-refractivity contribution in [2.75, 3.05) is 5.32 Å². The van der Waals surface area contributed by atoms with Crippen LogP contribution in [-0.4, -0.2) is 21.6 Å². The molecule has 2 N–H and O–H groups in total. The summed E-state index contributed by atoms with van der Waals surface area (Å²) in [7, 11) is 1.79. The summed E-state index contributed by atoms with van der Waals surface area (Å²) in [5.41, 5.74) is 1.02. The zero-order valence-corrected chi connectivity index (χ0v) is 11.0. The highest BCUT2D eigenvalue weighted by molar-refractivity contribution is 6.05. The van der Waals surface area contributed by atoms with Crippen molar-refractivity contribution in [2.45, 2.75) is 6.92 Å². The molecule has 0 atom stereocenters. The highest BCUT2D eigenvalue weighted by atomic mass is 19.1. The number of carbonyl (C=O) groups is 2. The van der Waals surface area contributed by atoms with Gasteiger partial charge in [-0.05, 0) is 31.2 Å². The lowest BCUT2D eigenvalue weighted by atomic mass is 10.2. The molecule has 6 heteroatoms. The Morgan fingerprint density at radius 2 is 1.95 bits per heavy atom. The molecule has 5 nitrogen and oxygen atoms in total. The van der Waals surface area contributed by atoms with Crippen molar-refractivity contribution in [3.63, 3.8) is 0 Å². The summed E-state index contributed by atoms with van der Waals surface area (Å²) in [6, 6.07) is 4.90.